The van der Waals surface area contributed by atoms with Crippen LogP contribution in [0.5, 0.6) is 0 Å². The highest BCUT2D eigenvalue weighted by Crippen LogP contribution is 2.43. The van der Waals surface area contributed by atoms with Crippen LogP contribution in [0.1, 0.15) is 39.7 Å². The number of halogens is 1. The predicted molar refractivity (Wildman–Crippen MR) is 121 cm³/mol. The molecule has 0 spiro atoms. The van der Waals surface area contributed by atoms with Crippen LogP contribution in [0.15, 0.2) is 60.8 Å². The van der Waals surface area contributed by atoms with Crippen LogP contribution >= 0.6 is 11.6 Å². The van der Waals surface area contributed by atoms with Crippen molar-refractivity contribution in [1.82, 2.24) is 14.0 Å². The molecule has 148 valence electrons. The van der Waals surface area contributed by atoms with E-state index in [9.17, 15) is 0 Å². The monoisotopic (exact) mass is 404 g/mol. The van der Waals surface area contributed by atoms with Gasteiger partial charge in [-0.05, 0) is 51.3 Å². The number of aromatic nitrogens is 3. The van der Waals surface area contributed by atoms with Crippen molar-refractivity contribution < 1.29 is 0 Å². The van der Waals surface area contributed by atoms with Crippen LogP contribution in [-0.2, 0) is 0 Å². The van der Waals surface area contributed by atoms with E-state index in [0.717, 1.165) is 33.4 Å². The molecule has 4 aromatic rings. The molecule has 0 atom stereocenters. The summed E-state index contributed by atoms with van der Waals surface area (Å²) in [6.45, 7) is 6.54. The second kappa shape index (κ2) is 6.67. The quantitative estimate of drug-likeness (QED) is 0.412. The van der Waals surface area contributed by atoms with E-state index in [1.165, 1.54) is 18.5 Å². The topological polar surface area (TPSA) is 34.3 Å². The fourth-order valence-electron chi connectivity index (χ4n) is 3.80. The molecule has 2 heterocycles. The number of anilines is 1. The van der Waals surface area contributed by atoms with Gasteiger partial charge in [0.25, 0.3) is 0 Å². The van der Waals surface area contributed by atoms with Crippen LogP contribution in [-0.4, -0.2) is 19.5 Å². The predicted octanol–water partition coefficient (Wildman–Crippen LogP) is 6.67. The molecule has 1 N–H and O–H groups in total. The van der Waals surface area contributed by atoms with Crippen molar-refractivity contribution in [2.24, 2.45) is 0 Å². The Balaban J connectivity index is 1.76. The first-order valence-corrected chi connectivity index (χ1v) is 10.5. The lowest BCUT2D eigenvalue weighted by Crippen LogP contribution is -2.27. The average molecular weight is 405 g/mol. The molecule has 5 rings (SSSR count). The number of hydrogen-bond donors (Lipinski definition) is 1. The minimum absolute atomic E-state index is 0.0817. The van der Waals surface area contributed by atoms with Crippen LogP contribution in [0.2, 0.25) is 5.02 Å². The molecular formula is C24H25ClN4. The Morgan fingerprint density at radius 2 is 1.66 bits per heavy atom. The lowest BCUT2D eigenvalue weighted by atomic mass is 10.1. The maximum atomic E-state index is 6.12. The van der Waals surface area contributed by atoms with Crippen LogP contribution in [0.25, 0.3) is 28.3 Å². The Bertz CT molecular complexity index is 1160. The van der Waals surface area contributed by atoms with Gasteiger partial charge in [0.2, 0.25) is 5.78 Å². The first-order valence-electron chi connectivity index (χ1n) is 10.1. The second-order valence-corrected chi connectivity index (χ2v) is 9.28. The number of benzene rings is 2. The molecule has 4 nitrogen and oxygen atoms in total. The van der Waals surface area contributed by atoms with Crippen LogP contribution in [0, 0.1) is 0 Å². The maximum Gasteiger partial charge on any atom is 0.216 e. The molecule has 0 amide bonds. The van der Waals surface area contributed by atoms with Crippen LogP contribution in [0.4, 0.5) is 5.82 Å². The molecule has 29 heavy (non-hydrogen) atoms. The number of rotatable bonds is 4. The largest absolute Gasteiger partial charge is 0.365 e. The van der Waals surface area contributed by atoms with Gasteiger partial charge < -0.3 is 9.88 Å². The van der Waals surface area contributed by atoms with E-state index in [2.05, 4.69) is 77.7 Å². The van der Waals surface area contributed by atoms with Gasteiger partial charge in [-0.3, -0.25) is 4.40 Å². The van der Waals surface area contributed by atoms with Gasteiger partial charge in [0, 0.05) is 28.4 Å². The normalized spacial score (nSPS) is 14.5. The van der Waals surface area contributed by atoms with Gasteiger partial charge in [0.1, 0.15) is 11.5 Å². The molecule has 0 aliphatic heterocycles. The summed E-state index contributed by atoms with van der Waals surface area (Å²) in [5.74, 6) is 2.02. The van der Waals surface area contributed by atoms with Crippen LogP contribution in [0.3, 0.4) is 0 Å². The number of hydrogen-bond acceptors (Lipinski definition) is 2. The summed E-state index contributed by atoms with van der Waals surface area (Å²) in [6.07, 6.45) is 4.60. The van der Waals surface area contributed by atoms with Crippen molar-refractivity contribution in [1.29, 1.82) is 0 Å². The highest BCUT2D eigenvalue weighted by atomic mass is 35.5. The van der Waals surface area contributed by atoms with Gasteiger partial charge >= 0.3 is 0 Å². The van der Waals surface area contributed by atoms with Gasteiger partial charge in [-0.2, -0.15) is 0 Å². The fraction of sp³-hybridized carbons (Fsp3) is 0.292. The van der Waals surface area contributed by atoms with Crippen molar-refractivity contribution >= 4 is 23.2 Å². The molecule has 5 heteroatoms. The Morgan fingerprint density at radius 3 is 2.28 bits per heavy atom. The average Bonchev–Trinajstić information content (AvgIpc) is 3.37. The highest BCUT2D eigenvalue weighted by molar-refractivity contribution is 6.30. The van der Waals surface area contributed by atoms with E-state index in [4.69, 9.17) is 16.6 Å². The molecule has 1 aliphatic carbocycles. The Kier molecular flexibility index (Phi) is 4.21. The van der Waals surface area contributed by atoms with Crippen molar-refractivity contribution in [2.75, 3.05) is 5.32 Å². The van der Waals surface area contributed by atoms with Crippen molar-refractivity contribution in [2.45, 2.75) is 45.2 Å². The summed E-state index contributed by atoms with van der Waals surface area (Å²) < 4.78 is 4.61. The zero-order valence-corrected chi connectivity index (χ0v) is 17.7. The molecule has 0 radical (unpaired) electrons. The summed E-state index contributed by atoms with van der Waals surface area (Å²) in [5.41, 5.74) is 4.38. The number of imidazole rings is 2. The molecule has 0 unspecified atom stereocenters. The van der Waals surface area contributed by atoms with Crippen LogP contribution < -0.4 is 5.32 Å². The summed E-state index contributed by atoms with van der Waals surface area (Å²) in [4.78, 5) is 5.13. The standard InChI is InChI=1S/C24H25ClN4/c1-24(2,3)27-22-21(17-7-5-4-6-8-17)26-23-28(22)15-20(29(23)19-13-14-19)16-9-11-18(25)12-10-16/h4-12,15,19,27H,13-14H2,1-3H3. The minimum atomic E-state index is -0.0817. The van der Waals surface area contributed by atoms with E-state index in [1.54, 1.807) is 0 Å². The molecule has 1 saturated carbocycles. The number of nitrogens with one attached hydrogen (secondary N) is 1. The van der Waals surface area contributed by atoms with E-state index in [1.807, 2.05) is 18.2 Å². The van der Waals surface area contributed by atoms with E-state index < -0.39 is 0 Å². The Hall–Kier alpha value is -2.72. The maximum absolute atomic E-state index is 6.12. The smallest absolute Gasteiger partial charge is 0.216 e. The minimum Gasteiger partial charge on any atom is -0.365 e. The summed E-state index contributed by atoms with van der Waals surface area (Å²) in [5, 5.41) is 4.45. The van der Waals surface area contributed by atoms with Gasteiger partial charge in [-0.15, -0.1) is 0 Å². The third-order valence-corrected chi connectivity index (χ3v) is 5.46. The number of fused-ring (bicyclic) bond motifs is 1. The molecular weight excluding hydrogens is 380 g/mol. The Labute approximate surface area is 176 Å². The summed E-state index contributed by atoms with van der Waals surface area (Å²) >= 11 is 6.12. The first kappa shape index (κ1) is 18.3. The van der Waals surface area contributed by atoms with Crippen molar-refractivity contribution in [3.63, 3.8) is 0 Å². The molecule has 2 aromatic heterocycles. The molecule has 1 fully saturated rings. The first-order chi connectivity index (χ1) is 13.9. The lowest BCUT2D eigenvalue weighted by molar-refractivity contribution is 0.629. The van der Waals surface area contributed by atoms with Gasteiger partial charge in [-0.1, -0.05) is 54.1 Å². The number of nitrogens with zero attached hydrogens (tertiary/aromatic N) is 3. The molecule has 0 bridgehead atoms. The molecule has 1 aliphatic rings. The van der Waals surface area contributed by atoms with Crippen molar-refractivity contribution in [3.05, 3.63) is 65.8 Å². The van der Waals surface area contributed by atoms with E-state index >= 15 is 0 Å². The highest BCUT2D eigenvalue weighted by Gasteiger charge is 2.31. The van der Waals surface area contributed by atoms with Gasteiger partial charge in [0.15, 0.2) is 0 Å². The third-order valence-electron chi connectivity index (χ3n) is 5.21. The Morgan fingerprint density at radius 1 is 0.966 bits per heavy atom. The molecule has 2 aromatic carbocycles. The summed E-state index contributed by atoms with van der Waals surface area (Å²) in [6, 6.07) is 19.0. The SMILES string of the molecule is CC(C)(C)Nc1c(-c2ccccc2)nc2n(C3CC3)c(-c3ccc(Cl)cc3)cn12. The van der Waals surface area contributed by atoms with E-state index in [0.29, 0.717) is 6.04 Å². The van der Waals surface area contributed by atoms with E-state index in [-0.39, 0.29) is 5.54 Å². The molecule has 0 saturated heterocycles. The van der Waals surface area contributed by atoms with Gasteiger partial charge in [0.05, 0.1) is 5.69 Å². The second-order valence-electron chi connectivity index (χ2n) is 8.84. The lowest BCUT2D eigenvalue weighted by Gasteiger charge is -2.22. The fourth-order valence-corrected chi connectivity index (χ4v) is 3.93. The van der Waals surface area contributed by atoms with Gasteiger partial charge in [-0.25, -0.2) is 4.98 Å². The summed E-state index contributed by atoms with van der Waals surface area (Å²) in [7, 11) is 0. The third kappa shape index (κ3) is 3.42. The van der Waals surface area contributed by atoms with Crippen molar-refractivity contribution in [3.8, 4) is 22.5 Å². The zero-order chi connectivity index (χ0) is 20.2. The zero-order valence-electron chi connectivity index (χ0n) is 17.0.